The Labute approximate surface area is 194 Å². The molecule has 2 heterocycles. The normalized spacial score (nSPS) is 12.5. The molecule has 0 saturated carbocycles. The van der Waals surface area contributed by atoms with Gasteiger partial charge < -0.3 is 14.8 Å². The maximum atomic E-state index is 12.4. The largest absolute Gasteiger partial charge is 0.462 e. The molecule has 174 valence electrons. The number of aryl methyl sites for hydroxylation is 2. The number of thiophene rings is 1. The molecule has 1 aliphatic rings. The summed E-state index contributed by atoms with van der Waals surface area (Å²) in [5, 5.41) is 3.02. The smallest absolute Gasteiger partial charge is 0.348 e. The maximum Gasteiger partial charge on any atom is 0.348 e. The van der Waals surface area contributed by atoms with Crippen LogP contribution in [0, 0.1) is 13.8 Å². The number of ether oxygens (including phenoxy) is 2. The molecule has 0 atom stereocenters. The standard InChI is InChI=1S/C23H24N2O7S/c1-4-31-23(30)20-14(3)11-18(33-20)24-17(26)12-32-19(27)6-5-9-25-21(28)15-8-7-13(2)10-16(15)22(25)29/h7-8,10-11H,4-6,9,12H2,1-3H3,(H,24,26). The Morgan fingerprint density at radius 1 is 1.03 bits per heavy atom. The minimum absolute atomic E-state index is 0.0508. The van der Waals surface area contributed by atoms with Crippen LogP contribution in [0.2, 0.25) is 0 Å². The summed E-state index contributed by atoms with van der Waals surface area (Å²) in [6, 6.07) is 6.71. The summed E-state index contributed by atoms with van der Waals surface area (Å²) in [7, 11) is 0. The zero-order chi connectivity index (χ0) is 24.1. The molecule has 10 heteroatoms. The molecule has 0 spiro atoms. The van der Waals surface area contributed by atoms with Crippen molar-refractivity contribution in [3.63, 3.8) is 0 Å². The zero-order valence-electron chi connectivity index (χ0n) is 18.6. The summed E-state index contributed by atoms with van der Waals surface area (Å²) >= 11 is 1.08. The summed E-state index contributed by atoms with van der Waals surface area (Å²) in [6.07, 6.45) is 0.169. The van der Waals surface area contributed by atoms with Gasteiger partial charge in [0.05, 0.1) is 22.7 Å². The van der Waals surface area contributed by atoms with Crippen LogP contribution in [-0.4, -0.2) is 54.3 Å². The summed E-state index contributed by atoms with van der Waals surface area (Å²) in [6.45, 7) is 5.12. The SMILES string of the molecule is CCOC(=O)c1sc(NC(=O)COC(=O)CCCN2C(=O)c3ccc(C)cc3C2=O)cc1C. The number of nitrogens with zero attached hydrogens (tertiary/aromatic N) is 1. The first-order valence-electron chi connectivity index (χ1n) is 10.4. The first-order valence-corrected chi connectivity index (χ1v) is 11.2. The topological polar surface area (TPSA) is 119 Å². The van der Waals surface area contributed by atoms with Gasteiger partial charge in [-0.15, -0.1) is 11.3 Å². The third-order valence-electron chi connectivity index (χ3n) is 4.89. The number of carbonyl (C=O) groups is 5. The van der Waals surface area contributed by atoms with Gasteiger partial charge in [0.15, 0.2) is 6.61 Å². The molecule has 0 bridgehead atoms. The fraction of sp³-hybridized carbons (Fsp3) is 0.348. The number of benzene rings is 1. The average molecular weight is 473 g/mol. The first kappa shape index (κ1) is 24.1. The van der Waals surface area contributed by atoms with E-state index in [0.29, 0.717) is 26.6 Å². The van der Waals surface area contributed by atoms with Gasteiger partial charge in [-0.3, -0.25) is 24.1 Å². The van der Waals surface area contributed by atoms with E-state index in [1.807, 2.05) is 6.92 Å². The van der Waals surface area contributed by atoms with Gasteiger partial charge in [0, 0.05) is 13.0 Å². The van der Waals surface area contributed by atoms with E-state index in [4.69, 9.17) is 9.47 Å². The van der Waals surface area contributed by atoms with Crippen LogP contribution >= 0.6 is 11.3 Å². The molecular weight excluding hydrogens is 448 g/mol. The fourth-order valence-corrected chi connectivity index (χ4v) is 4.31. The van der Waals surface area contributed by atoms with E-state index in [0.717, 1.165) is 21.8 Å². The molecule has 3 rings (SSSR count). The number of carbonyl (C=O) groups excluding carboxylic acids is 5. The number of fused-ring (bicyclic) bond motifs is 1. The highest BCUT2D eigenvalue weighted by molar-refractivity contribution is 7.18. The van der Waals surface area contributed by atoms with Crippen molar-refractivity contribution < 1.29 is 33.4 Å². The first-order chi connectivity index (χ1) is 15.7. The van der Waals surface area contributed by atoms with Crippen LogP contribution in [0.15, 0.2) is 24.3 Å². The molecule has 0 fully saturated rings. The van der Waals surface area contributed by atoms with Crippen molar-refractivity contribution in [1.82, 2.24) is 4.90 Å². The summed E-state index contributed by atoms with van der Waals surface area (Å²) in [5.41, 5.74) is 2.29. The number of rotatable bonds is 9. The molecule has 1 aromatic heterocycles. The second-order valence-corrected chi connectivity index (χ2v) is 8.52. The molecular formula is C23H24N2O7S. The van der Waals surface area contributed by atoms with Crippen molar-refractivity contribution in [2.45, 2.75) is 33.6 Å². The summed E-state index contributed by atoms with van der Waals surface area (Å²) in [4.78, 5) is 62.2. The minimum Gasteiger partial charge on any atom is -0.462 e. The molecule has 1 aliphatic heterocycles. The maximum absolute atomic E-state index is 12.4. The van der Waals surface area contributed by atoms with Crippen LogP contribution in [-0.2, 0) is 19.1 Å². The predicted molar refractivity (Wildman–Crippen MR) is 120 cm³/mol. The van der Waals surface area contributed by atoms with Crippen LogP contribution in [0.25, 0.3) is 0 Å². The lowest BCUT2D eigenvalue weighted by Crippen LogP contribution is -2.31. The molecule has 0 aliphatic carbocycles. The monoisotopic (exact) mass is 472 g/mol. The molecule has 0 unspecified atom stereocenters. The molecule has 9 nitrogen and oxygen atoms in total. The third-order valence-corrected chi connectivity index (χ3v) is 6.03. The Bertz CT molecular complexity index is 1120. The Hall–Kier alpha value is -3.53. The lowest BCUT2D eigenvalue weighted by atomic mass is 10.1. The van der Waals surface area contributed by atoms with E-state index in [1.54, 1.807) is 38.1 Å². The van der Waals surface area contributed by atoms with Gasteiger partial charge in [-0.1, -0.05) is 11.6 Å². The summed E-state index contributed by atoms with van der Waals surface area (Å²) < 4.78 is 9.93. The summed E-state index contributed by atoms with van der Waals surface area (Å²) in [5.74, 6) is -2.38. The number of hydrogen-bond acceptors (Lipinski definition) is 8. The number of anilines is 1. The van der Waals surface area contributed by atoms with Gasteiger partial charge in [-0.05, 0) is 51.0 Å². The van der Waals surface area contributed by atoms with E-state index in [2.05, 4.69) is 5.32 Å². The fourth-order valence-electron chi connectivity index (χ4n) is 3.32. The minimum atomic E-state index is -0.618. The van der Waals surface area contributed by atoms with E-state index in [1.165, 1.54) is 0 Å². The predicted octanol–water partition coefficient (Wildman–Crippen LogP) is 3.10. The molecule has 2 aromatic rings. The lowest BCUT2D eigenvalue weighted by molar-refractivity contribution is -0.147. The van der Waals surface area contributed by atoms with Crippen LogP contribution < -0.4 is 5.32 Å². The molecule has 0 saturated heterocycles. The Balaban J connectivity index is 1.42. The molecule has 1 N–H and O–H groups in total. The number of esters is 2. The van der Waals surface area contributed by atoms with Crippen molar-refractivity contribution in [2.75, 3.05) is 25.1 Å². The zero-order valence-corrected chi connectivity index (χ0v) is 19.4. The highest BCUT2D eigenvalue weighted by Gasteiger charge is 2.35. The van der Waals surface area contributed by atoms with Gasteiger partial charge in [0.2, 0.25) is 0 Å². The van der Waals surface area contributed by atoms with Crippen molar-refractivity contribution in [3.05, 3.63) is 51.4 Å². The van der Waals surface area contributed by atoms with Crippen LogP contribution in [0.4, 0.5) is 5.00 Å². The Kier molecular flexibility index (Phi) is 7.59. The van der Waals surface area contributed by atoms with E-state index in [-0.39, 0.29) is 37.8 Å². The van der Waals surface area contributed by atoms with Crippen molar-refractivity contribution in [1.29, 1.82) is 0 Å². The molecule has 1 aromatic carbocycles. The van der Waals surface area contributed by atoms with Gasteiger partial charge in [0.1, 0.15) is 4.88 Å². The Morgan fingerprint density at radius 3 is 2.48 bits per heavy atom. The van der Waals surface area contributed by atoms with Crippen molar-refractivity contribution in [3.8, 4) is 0 Å². The Morgan fingerprint density at radius 2 is 1.76 bits per heavy atom. The van der Waals surface area contributed by atoms with Gasteiger partial charge in [-0.25, -0.2) is 4.79 Å². The molecule has 0 radical (unpaired) electrons. The van der Waals surface area contributed by atoms with Crippen LogP contribution in [0.3, 0.4) is 0 Å². The number of nitrogens with one attached hydrogen (secondary N) is 1. The number of hydrogen-bond donors (Lipinski definition) is 1. The van der Waals surface area contributed by atoms with Crippen LogP contribution in [0.1, 0.15) is 61.3 Å². The third kappa shape index (κ3) is 5.64. The number of amides is 3. The second-order valence-electron chi connectivity index (χ2n) is 7.47. The van der Waals surface area contributed by atoms with Crippen molar-refractivity contribution in [2.24, 2.45) is 0 Å². The van der Waals surface area contributed by atoms with E-state index in [9.17, 15) is 24.0 Å². The number of imide groups is 1. The highest BCUT2D eigenvalue weighted by Crippen LogP contribution is 2.27. The van der Waals surface area contributed by atoms with Gasteiger partial charge in [0.25, 0.3) is 17.7 Å². The lowest BCUT2D eigenvalue weighted by Gasteiger charge is -2.13. The quantitative estimate of drug-likeness (QED) is 0.440. The highest BCUT2D eigenvalue weighted by atomic mass is 32.1. The van der Waals surface area contributed by atoms with Gasteiger partial charge >= 0.3 is 11.9 Å². The molecule has 33 heavy (non-hydrogen) atoms. The average Bonchev–Trinajstić information content (AvgIpc) is 3.24. The van der Waals surface area contributed by atoms with Crippen molar-refractivity contribution >= 4 is 46.0 Å². The van der Waals surface area contributed by atoms with E-state index >= 15 is 0 Å². The second kappa shape index (κ2) is 10.4. The van der Waals surface area contributed by atoms with Gasteiger partial charge in [-0.2, -0.15) is 0 Å². The molecule has 3 amide bonds. The van der Waals surface area contributed by atoms with Crippen LogP contribution in [0.5, 0.6) is 0 Å². The van der Waals surface area contributed by atoms with E-state index < -0.39 is 24.5 Å².